The van der Waals surface area contributed by atoms with Gasteiger partial charge in [-0.05, 0) is 61.8 Å². The van der Waals surface area contributed by atoms with Gasteiger partial charge in [0.2, 0.25) is 11.9 Å². The fourth-order valence-corrected chi connectivity index (χ4v) is 6.88. The van der Waals surface area contributed by atoms with Crippen LogP contribution in [0.3, 0.4) is 0 Å². The molecule has 2 bridgehead atoms. The molecule has 4 atom stereocenters. The molecule has 13 heteroatoms. The molecule has 3 fully saturated rings. The molecule has 13 nitrogen and oxygen atoms in total. The van der Waals surface area contributed by atoms with E-state index in [1.807, 2.05) is 25.1 Å². The summed E-state index contributed by atoms with van der Waals surface area (Å²) in [6.45, 7) is 6.52. The van der Waals surface area contributed by atoms with Gasteiger partial charge in [0.05, 0.1) is 17.8 Å². The Morgan fingerprint density at radius 3 is 2.78 bits per heavy atom. The van der Waals surface area contributed by atoms with Crippen LogP contribution in [0.2, 0.25) is 0 Å². The number of nitrogens with zero attached hydrogens (tertiary/aromatic N) is 5. The van der Waals surface area contributed by atoms with E-state index in [4.69, 9.17) is 14.1 Å². The molecule has 4 aliphatic rings. The molecular formula is C32H40N8O5. The van der Waals surface area contributed by atoms with Gasteiger partial charge in [-0.25, -0.2) is 9.97 Å². The molecule has 3 aromatic rings. The molecule has 238 valence electrons. The quantitative estimate of drug-likeness (QED) is 0.263. The normalized spacial score (nSPS) is 23.0. The number of rotatable bonds is 10. The molecule has 1 aliphatic carbocycles. The third-order valence-corrected chi connectivity index (χ3v) is 9.62. The van der Waals surface area contributed by atoms with Crippen molar-refractivity contribution in [3.05, 3.63) is 58.9 Å². The number of nitrogens with one attached hydrogen (secondary N) is 3. The molecule has 45 heavy (non-hydrogen) atoms. The molecule has 2 amide bonds. The lowest BCUT2D eigenvalue weighted by atomic mass is 9.92. The second-order valence-corrected chi connectivity index (χ2v) is 12.7. The molecule has 1 saturated carbocycles. The van der Waals surface area contributed by atoms with Crippen molar-refractivity contribution in [1.82, 2.24) is 30.5 Å². The predicted molar refractivity (Wildman–Crippen MR) is 165 cm³/mol. The van der Waals surface area contributed by atoms with Crippen LogP contribution in [0.15, 0.2) is 35.1 Å². The highest BCUT2D eigenvalue weighted by Crippen LogP contribution is 2.39. The van der Waals surface area contributed by atoms with Crippen molar-refractivity contribution in [2.75, 3.05) is 36.4 Å². The molecule has 5 heterocycles. The van der Waals surface area contributed by atoms with Gasteiger partial charge in [-0.15, -0.1) is 0 Å². The summed E-state index contributed by atoms with van der Waals surface area (Å²) in [4.78, 5) is 42.5. The first-order valence-corrected chi connectivity index (χ1v) is 15.8. The second-order valence-electron chi connectivity index (χ2n) is 12.7. The Morgan fingerprint density at radius 2 is 2.04 bits per heavy atom. The van der Waals surface area contributed by atoms with Crippen LogP contribution < -0.4 is 25.6 Å². The number of hydrogen-bond donors (Lipinski definition) is 4. The van der Waals surface area contributed by atoms with Gasteiger partial charge in [-0.2, -0.15) is 4.98 Å². The van der Waals surface area contributed by atoms with Crippen LogP contribution in [0.5, 0.6) is 5.75 Å². The Hall–Kier alpha value is -4.23. The van der Waals surface area contributed by atoms with Crippen LogP contribution in [0, 0.1) is 12.8 Å². The van der Waals surface area contributed by atoms with E-state index < -0.39 is 6.10 Å². The van der Waals surface area contributed by atoms with Gasteiger partial charge < -0.3 is 40.0 Å². The Balaban J connectivity index is 0.969. The number of anilines is 2. The number of oxazole rings is 1. The SMILES string of the molecule is CC(=O)N1CC(Nc2cc(C(=O)NCC(O)[C@@H]3Cc4ccc(OCc5ocnc5C)cc4CN3)nc(N3CC4CCC3C4)n2)C1. The topological polar surface area (TPSA) is 158 Å². The summed E-state index contributed by atoms with van der Waals surface area (Å²) in [5, 5.41) is 20.7. The summed E-state index contributed by atoms with van der Waals surface area (Å²) in [5.41, 5.74) is 3.30. The van der Waals surface area contributed by atoms with E-state index in [1.54, 1.807) is 17.9 Å². The number of carbonyl (C=O) groups excluding carboxylic acids is 2. The van der Waals surface area contributed by atoms with Gasteiger partial charge in [0.15, 0.2) is 12.2 Å². The zero-order chi connectivity index (χ0) is 31.1. The van der Waals surface area contributed by atoms with E-state index in [2.05, 4.69) is 30.8 Å². The molecular weight excluding hydrogens is 576 g/mol. The highest BCUT2D eigenvalue weighted by molar-refractivity contribution is 5.93. The number of amides is 2. The zero-order valence-electron chi connectivity index (χ0n) is 25.7. The van der Waals surface area contributed by atoms with Gasteiger partial charge in [-0.3, -0.25) is 9.59 Å². The highest BCUT2D eigenvalue weighted by Gasteiger charge is 2.39. The molecule has 0 radical (unpaired) electrons. The summed E-state index contributed by atoms with van der Waals surface area (Å²) in [5.74, 6) is 2.91. The molecule has 3 aliphatic heterocycles. The van der Waals surface area contributed by atoms with Crippen LogP contribution in [-0.4, -0.2) is 87.2 Å². The van der Waals surface area contributed by atoms with Gasteiger partial charge >= 0.3 is 0 Å². The summed E-state index contributed by atoms with van der Waals surface area (Å²) < 4.78 is 11.2. The average molecular weight is 617 g/mol. The van der Waals surface area contributed by atoms with Gasteiger partial charge in [-0.1, -0.05) is 6.07 Å². The average Bonchev–Trinajstić information content (AvgIpc) is 3.77. The maximum Gasteiger partial charge on any atom is 0.270 e. The van der Waals surface area contributed by atoms with Crippen molar-refractivity contribution in [3.8, 4) is 5.75 Å². The third kappa shape index (κ3) is 6.32. The van der Waals surface area contributed by atoms with Crippen LogP contribution in [-0.2, 0) is 24.4 Å². The maximum atomic E-state index is 13.4. The standard InChI is InChI=1S/C32H40N8O5/c1-18-29(45-17-35-18)16-44-25-6-4-21-9-26(33-11-22(21)8-25)28(42)12-34-31(43)27-10-30(36-23-14-39(15-23)19(2)41)38-32(37-27)40-13-20-3-5-24(40)7-20/h4,6,8,10,17,20,23-24,26,28,33,42H,3,5,7,9,11-16H2,1-2H3,(H,34,43)(H,36,37,38)/t20?,24?,26-,28?/m0/s1. The first-order valence-electron chi connectivity index (χ1n) is 15.8. The number of hydrogen-bond acceptors (Lipinski definition) is 11. The molecule has 1 aromatic carbocycles. The maximum absolute atomic E-state index is 13.4. The van der Waals surface area contributed by atoms with Crippen LogP contribution in [0.4, 0.5) is 11.8 Å². The van der Waals surface area contributed by atoms with Crippen molar-refractivity contribution < 1.29 is 23.8 Å². The van der Waals surface area contributed by atoms with Crippen molar-refractivity contribution in [3.63, 3.8) is 0 Å². The number of carbonyl (C=O) groups is 2. The zero-order valence-corrected chi connectivity index (χ0v) is 25.7. The minimum atomic E-state index is -0.798. The van der Waals surface area contributed by atoms with Crippen LogP contribution in [0.25, 0.3) is 0 Å². The lowest BCUT2D eigenvalue weighted by Crippen LogP contribution is -2.56. The Bertz CT molecular complexity index is 1570. The van der Waals surface area contributed by atoms with Gasteiger partial charge in [0.1, 0.15) is 23.9 Å². The van der Waals surface area contributed by atoms with Crippen molar-refractivity contribution in [2.24, 2.45) is 5.92 Å². The Kier molecular flexibility index (Phi) is 8.04. The number of aryl methyl sites for hydroxylation is 1. The number of piperidine rings is 1. The highest BCUT2D eigenvalue weighted by atomic mass is 16.5. The molecule has 3 unspecified atom stereocenters. The summed E-state index contributed by atoms with van der Waals surface area (Å²) in [6, 6.07) is 7.87. The molecule has 0 spiro atoms. The van der Waals surface area contributed by atoms with E-state index in [-0.39, 0.29) is 36.1 Å². The molecule has 7 rings (SSSR count). The number of fused-ring (bicyclic) bond motifs is 3. The molecule has 2 saturated heterocycles. The summed E-state index contributed by atoms with van der Waals surface area (Å²) in [6.07, 6.45) is 4.72. The lowest BCUT2D eigenvalue weighted by Gasteiger charge is -2.39. The summed E-state index contributed by atoms with van der Waals surface area (Å²) in [7, 11) is 0. The number of ether oxygens (including phenoxy) is 1. The first kappa shape index (κ1) is 29.5. The van der Waals surface area contributed by atoms with E-state index in [0.29, 0.717) is 62.1 Å². The second kappa shape index (κ2) is 12.3. The van der Waals surface area contributed by atoms with Gasteiger partial charge in [0, 0.05) is 57.8 Å². The smallest absolute Gasteiger partial charge is 0.270 e. The van der Waals surface area contributed by atoms with E-state index in [1.165, 1.54) is 12.8 Å². The first-order chi connectivity index (χ1) is 21.8. The molecule has 4 N–H and O–H groups in total. The Labute approximate surface area is 261 Å². The van der Waals surface area contributed by atoms with Gasteiger partial charge in [0.25, 0.3) is 5.91 Å². The number of likely N-dealkylation sites (tertiary alicyclic amines) is 1. The monoisotopic (exact) mass is 616 g/mol. The number of aliphatic hydroxyl groups excluding tert-OH is 1. The fourth-order valence-electron chi connectivity index (χ4n) is 6.88. The number of aliphatic hydroxyl groups is 1. The fraction of sp³-hybridized carbons (Fsp3) is 0.531. The molecule has 2 aromatic heterocycles. The van der Waals surface area contributed by atoms with E-state index in [9.17, 15) is 14.7 Å². The number of benzene rings is 1. The van der Waals surface area contributed by atoms with E-state index in [0.717, 1.165) is 42.0 Å². The minimum Gasteiger partial charge on any atom is -0.486 e. The number of aromatic nitrogens is 3. The van der Waals surface area contributed by atoms with Crippen molar-refractivity contribution in [2.45, 2.75) is 76.9 Å². The minimum absolute atomic E-state index is 0.0481. The van der Waals surface area contributed by atoms with Crippen LogP contribution in [0.1, 0.15) is 59.3 Å². The third-order valence-electron chi connectivity index (χ3n) is 9.62. The van der Waals surface area contributed by atoms with Crippen molar-refractivity contribution >= 4 is 23.6 Å². The van der Waals surface area contributed by atoms with E-state index >= 15 is 0 Å². The largest absolute Gasteiger partial charge is 0.486 e. The van der Waals surface area contributed by atoms with Crippen molar-refractivity contribution in [1.29, 1.82) is 0 Å². The van der Waals surface area contributed by atoms with Crippen LogP contribution >= 0.6 is 0 Å². The predicted octanol–water partition coefficient (Wildman–Crippen LogP) is 1.79. The lowest BCUT2D eigenvalue weighted by molar-refractivity contribution is -0.132. The Morgan fingerprint density at radius 1 is 1.18 bits per heavy atom. The summed E-state index contributed by atoms with van der Waals surface area (Å²) >= 11 is 0.